The molecule has 1 nitrogen and oxygen atoms in total. The smallest absolute Gasteiger partial charge is 1.00 e. The number of aliphatic hydroxyl groups is 1. The zero-order valence-electron chi connectivity index (χ0n) is 16.9. The molecule has 1 aliphatic carbocycles. The topological polar surface area (TPSA) is 20.2 Å². The van der Waals surface area contributed by atoms with Gasteiger partial charge in [-0.25, -0.2) is 0 Å². The molecule has 0 spiro atoms. The molecule has 1 aliphatic rings. The molecular formula is C25H25Cl2OTi. The van der Waals surface area contributed by atoms with Crippen molar-refractivity contribution in [3.8, 4) is 0 Å². The van der Waals surface area contributed by atoms with Crippen molar-refractivity contribution in [2.45, 2.75) is 33.3 Å². The molecule has 149 valence electrons. The number of aliphatic hydroxyl groups excluding tert-OH is 1. The minimum absolute atomic E-state index is 0. The van der Waals surface area contributed by atoms with E-state index in [1.54, 1.807) is 0 Å². The molecule has 0 aliphatic heterocycles. The molecule has 0 bridgehead atoms. The van der Waals surface area contributed by atoms with Crippen molar-refractivity contribution >= 4 is 10.8 Å². The monoisotopic (exact) mass is 459 g/mol. The van der Waals surface area contributed by atoms with Gasteiger partial charge in [-0.3, -0.25) is 0 Å². The maximum absolute atomic E-state index is 8.54. The van der Waals surface area contributed by atoms with Crippen LogP contribution in [0.4, 0.5) is 0 Å². The first kappa shape index (κ1) is 27.7. The summed E-state index contributed by atoms with van der Waals surface area (Å²) >= 11 is 0. The normalized spacial score (nSPS) is 14.6. The Kier molecular flexibility index (Phi) is 12.5. The van der Waals surface area contributed by atoms with Crippen LogP contribution in [0.15, 0.2) is 89.5 Å². The molecule has 0 heterocycles. The summed E-state index contributed by atoms with van der Waals surface area (Å²) in [6.07, 6.45) is 2.35. The second kappa shape index (κ2) is 13.1. The van der Waals surface area contributed by atoms with Crippen LogP contribution in [0, 0.1) is 6.07 Å². The van der Waals surface area contributed by atoms with Crippen molar-refractivity contribution in [1.29, 1.82) is 0 Å². The first-order chi connectivity index (χ1) is 12.6. The van der Waals surface area contributed by atoms with E-state index in [9.17, 15) is 0 Å². The van der Waals surface area contributed by atoms with Crippen LogP contribution in [0.2, 0.25) is 0 Å². The fourth-order valence-corrected chi connectivity index (χ4v) is 3.27. The van der Waals surface area contributed by atoms with Gasteiger partial charge in [0.1, 0.15) is 0 Å². The minimum atomic E-state index is 0. The third-order valence-corrected chi connectivity index (χ3v) is 5.11. The molecule has 0 fully saturated rings. The largest absolute Gasteiger partial charge is 3.00 e. The molecule has 0 aromatic heterocycles. The van der Waals surface area contributed by atoms with Crippen LogP contribution < -0.4 is 24.8 Å². The Labute approximate surface area is 201 Å². The van der Waals surface area contributed by atoms with Crippen LogP contribution in [-0.2, 0) is 28.3 Å². The molecule has 1 unspecified atom stereocenters. The first-order valence-corrected chi connectivity index (χ1v) is 9.02. The Bertz CT molecular complexity index is 965. The molecule has 3 aromatic rings. The summed E-state index contributed by atoms with van der Waals surface area (Å²) in [5.41, 5.74) is 6.54. The van der Waals surface area contributed by atoms with E-state index in [0.717, 1.165) is 5.56 Å². The van der Waals surface area contributed by atoms with Gasteiger partial charge in [0.05, 0.1) is 6.61 Å². The van der Waals surface area contributed by atoms with Crippen molar-refractivity contribution < 1.29 is 51.6 Å². The Balaban J connectivity index is 0.000000616. The van der Waals surface area contributed by atoms with E-state index in [1.807, 2.05) is 30.3 Å². The quantitative estimate of drug-likeness (QED) is 0.429. The minimum Gasteiger partial charge on any atom is -1.00 e. The summed E-state index contributed by atoms with van der Waals surface area (Å²) in [4.78, 5) is 0. The third-order valence-electron chi connectivity index (χ3n) is 5.11. The molecule has 0 saturated carbocycles. The van der Waals surface area contributed by atoms with Crippen molar-refractivity contribution in [3.05, 3.63) is 107 Å². The molecule has 1 N–H and O–H groups in total. The fourth-order valence-electron chi connectivity index (χ4n) is 3.27. The molecule has 3 aromatic carbocycles. The van der Waals surface area contributed by atoms with Crippen LogP contribution in [0.5, 0.6) is 0 Å². The number of halogens is 2. The summed E-state index contributed by atoms with van der Waals surface area (Å²) in [6, 6.07) is 25.9. The van der Waals surface area contributed by atoms with Crippen LogP contribution in [0.1, 0.15) is 37.8 Å². The number of allylic oxidation sites excluding steroid dienone is 4. The SMILES string of the molecule is CC1=CC(c2[c-]c3ccccc3cc2)C(C)=C1C.OCc1ccccc1.[Cl-].[Cl-].[Ti+3]. The number of benzene rings is 3. The van der Waals surface area contributed by atoms with Gasteiger partial charge in [-0.15, -0.1) is 46.7 Å². The van der Waals surface area contributed by atoms with Gasteiger partial charge in [-0.2, -0.15) is 0 Å². The van der Waals surface area contributed by atoms with Crippen molar-refractivity contribution in [3.63, 3.8) is 0 Å². The number of fused-ring (bicyclic) bond motifs is 1. The van der Waals surface area contributed by atoms with E-state index < -0.39 is 0 Å². The summed E-state index contributed by atoms with van der Waals surface area (Å²) < 4.78 is 0. The van der Waals surface area contributed by atoms with E-state index >= 15 is 0 Å². The van der Waals surface area contributed by atoms with Gasteiger partial charge in [0.25, 0.3) is 0 Å². The van der Waals surface area contributed by atoms with Crippen molar-refractivity contribution in [1.82, 2.24) is 0 Å². The number of hydrogen-bond acceptors (Lipinski definition) is 1. The molecule has 1 radical (unpaired) electrons. The second-order valence-electron chi connectivity index (χ2n) is 6.78. The fraction of sp³-hybridized carbons (Fsp3) is 0.200. The molecule has 0 saturated heterocycles. The standard InChI is InChI=1S/C18H17.C7H8O.2ClH.Ti/c1-12-10-18(14(3)13(12)2)17-9-8-15-6-4-5-7-16(15)11-17;8-6-7-4-2-1-3-5-7;;;/h4-10,18H,1-3H3;1-5,8H,6H2;2*1H;/q-1;;;;+3/p-2. The second-order valence-corrected chi connectivity index (χ2v) is 6.78. The Morgan fingerprint density at radius 2 is 1.45 bits per heavy atom. The third kappa shape index (κ3) is 6.84. The predicted octanol–water partition coefficient (Wildman–Crippen LogP) is 0.204. The summed E-state index contributed by atoms with van der Waals surface area (Å²) in [6.45, 7) is 6.78. The summed E-state index contributed by atoms with van der Waals surface area (Å²) in [5, 5.41) is 11.0. The van der Waals surface area contributed by atoms with Crippen molar-refractivity contribution in [2.75, 3.05) is 0 Å². The van der Waals surface area contributed by atoms with Crippen LogP contribution in [-0.4, -0.2) is 5.11 Å². The summed E-state index contributed by atoms with van der Waals surface area (Å²) in [7, 11) is 0. The van der Waals surface area contributed by atoms with Gasteiger partial charge in [-0.05, 0) is 31.9 Å². The molecule has 1 atom stereocenters. The van der Waals surface area contributed by atoms with E-state index in [-0.39, 0.29) is 53.1 Å². The van der Waals surface area contributed by atoms with E-state index in [4.69, 9.17) is 5.11 Å². The van der Waals surface area contributed by atoms with Gasteiger partial charge in [0, 0.05) is 5.92 Å². The summed E-state index contributed by atoms with van der Waals surface area (Å²) in [5.74, 6) is 0.412. The van der Waals surface area contributed by atoms with Crippen LogP contribution in [0.3, 0.4) is 0 Å². The first-order valence-electron chi connectivity index (χ1n) is 9.02. The maximum atomic E-state index is 8.54. The van der Waals surface area contributed by atoms with Gasteiger partial charge in [0.15, 0.2) is 0 Å². The average molecular weight is 460 g/mol. The van der Waals surface area contributed by atoms with Gasteiger partial charge in [-0.1, -0.05) is 59.7 Å². The number of rotatable bonds is 2. The van der Waals surface area contributed by atoms with Gasteiger partial charge < -0.3 is 29.9 Å². The van der Waals surface area contributed by atoms with Crippen LogP contribution in [0.25, 0.3) is 10.8 Å². The molecule has 0 amide bonds. The van der Waals surface area contributed by atoms with E-state index in [0.29, 0.717) is 5.92 Å². The average Bonchev–Trinajstić information content (AvgIpc) is 2.96. The van der Waals surface area contributed by atoms with Crippen LogP contribution >= 0.6 is 0 Å². The Morgan fingerprint density at radius 1 is 0.828 bits per heavy atom. The zero-order valence-corrected chi connectivity index (χ0v) is 20.0. The molecular weight excluding hydrogens is 435 g/mol. The van der Waals surface area contributed by atoms with Gasteiger partial charge >= 0.3 is 21.7 Å². The van der Waals surface area contributed by atoms with E-state index in [2.05, 4.69) is 69.3 Å². The zero-order chi connectivity index (χ0) is 18.5. The maximum Gasteiger partial charge on any atom is 3.00 e. The predicted molar refractivity (Wildman–Crippen MR) is 110 cm³/mol. The van der Waals surface area contributed by atoms with E-state index in [1.165, 1.54) is 33.1 Å². The molecule has 4 rings (SSSR count). The Hall–Kier alpha value is -1.35. The van der Waals surface area contributed by atoms with Crippen molar-refractivity contribution in [2.24, 2.45) is 0 Å². The Morgan fingerprint density at radius 3 is 2.00 bits per heavy atom. The molecule has 29 heavy (non-hydrogen) atoms. The van der Waals surface area contributed by atoms with Gasteiger partial charge in [0.2, 0.25) is 0 Å². The molecule has 4 heteroatoms. The number of hydrogen-bond donors (Lipinski definition) is 1.